The van der Waals surface area contributed by atoms with E-state index in [4.69, 9.17) is 31.2 Å². The summed E-state index contributed by atoms with van der Waals surface area (Å²) in [5.41, 5.74) is 5.66. The van der Waals surface area contributed by atoms with Gasteiger partial charge in [0.25, 0.3) is 5.91 Å². The second kappa shape index (κ2) is 14.7. The number of amides is 1. The van der Waals surface area contributed by atoms with Crippen molar-refractivity contribution in [1.29, 1.82) is 0 Å². The number of nitrogens with zero attached hydrogens (tertiary/aromatic N) is 1. The number of para-hydroxylation sites is 1. The number of hydrogen-bond acceptors (Lipinski definition) is 8. The van der Waals surface area contributed by atoms with Gasteiger partial charge in [0.2, 0.25) is 0 Å². The molecule has 1 aliphatic heterocycles. The molecular formula is C29H34N4O6S. The lowest BCUT2D eigenvalue weighted by Crippen LogP contribution is -2.45. The van der Waals surface area contributed by atoms with Crippen LogP contribution in [0.3, 0.4) is 0 Å². The van der Waals surface area contributed by atoms with Crippen LogP contribution in [0.15, 0.2) is 65.4 Å². The smallest absolute Gasteiger partial charge is 0.338 e. The first-order chi connectivity index (χ1) is 19.3. The molecule has 212 valence electrons. The van der Waals surface area contributed by atoms with Crippen molar-refractivity contribution in [2.24, 2.45) is 5.10 Å². The summed E-state index contributed by atoms with van der Waals surface area (Å²) in [4.78, 5) is 25.3. The minimum atomic E-state index is -0.621. The molecule has 2 aromatic carbocycles. The molecule has 1 aliphatic rings. The summed E-state index contributed by atoms with van der Waals surface area (Å²) < 4.78 is 22.3. The number of rotatable bonds is 13. The molecule has 0 spiro atoms. The molecular weight excluding hydrogens is 532 g/mol. The zero-order chi connectivity index (χ0) is 29.1. The second-order valence-corrected chi connectivity index (χ2v) is 8.96. The summed E-state index contributed by atoms with van der Waals surface area (Å²) in [5, 5.41) is 10.5. The number of hydrogen-bond donors (Lipinski definition) is 3. The van der Waals surface area contributed by atoms with E-state index in [0.29, 0.717) is 57.8 Å². The Morgan fingerprint density at radius 3 is 2.62 bits per heavy atom. The van der Waals surface area contributed by atoms with Crippen molar-refractivity contribution >= 4 is 35.4 Å². The third-order valence-electron chi connectivity index (χ3n) is 5.78. The number of thiocarbonyl (C=S) groups is 1. The quantitative estimate of drug-likeness (QED) is 0.110. The Balaban J connectivity index is 1.73. The Kier molecular flexibility index (Phi) is 11.1. The Morgan fingerprint density at radius 2 is 1.93 bits per heavy atom. The summed E-state index contributed by atoms with van der Waals surface area (Å²) >= 11 is 5.31. The lowest BCUT2D eigenvalue weighted by Gasteiger charge is -2.30. The molecule has 3 rings (SSSR count). The van der Waals surface area contributed by atoms with Gasteiger partial charge in [-0.2, -0.15) is 5.10 Å². The zero-order valence-electron chi connectivity index (χ0n) is 23.0. The van der Waals surface area contributed by atoms with Crippen LogP contribution in [0.4, 0.5) is 0 Å². The molecule has 2 aromatic rings. The van der Waals surface area contributed by atoms with Crippen LogP contribution < -0.4 is 30.3 Å². The van der Waals surface area contributed by atoms with Crippen LogP contribution in [0.25, 0.3) is 0 Å². The molecule has 0 radical (unpaired) electrons. The van der Waals surface area contributed by atoms with Crippen LogP contribution in [0, 0.1) is 0 Å². The molecule has 3 N–H and O–H groups in total. The maximum absolute atomic E-state index is 12.7. The molecule has 0 saturated carbocycles. The minimum Gasteiger partial charge on any atom is -0.493 e. The van der Waals surface area contributed by atoms with Gasteiger partial charge in [-0.1, -0.05) is 24.3 Å². The summed E-state index contributed by atoms with van der Waals surface area (Å²) in [5.74, 6) is 0.674. The van der Waals surface area contributed by atoms with E-state index >= 15 is 0 Å². The van der Waals surface area contributed by atoms with Crippen molar-refractivity contribution in [2.45, 2.75) is 33.2 Å². The topological polar surface area (TPSA) is 120 Å². The Labute approximate surface area is 239 Å². The van der Waals surface area contributed by atoms with Crippen LogP contribution in [0.2, 0.25) is 0 Å². The SMILES string of the molecule is C=CCc1cc(C=NNC(=O)COc2ccccc2[C@@H]2NC(=S)NC(C)=C2C(=O)OCC)cc(OCC)c1OC. The molecule has 1 amide bonds. The van der Waals surface area contributed by atoms with Gasteiger partial charge in [-0.25, -0.2) is 10.2 Å². The molecule has 1 atom stereocenters. The predicted octanol–water partition coefficient (Wildman–Crippen LogP) is 3.71. The molecule has 1 heterocycles. The lowest BCUT2D eigenvalue weighted by atomic mass is 9.95. The van der Waals surface area contributed by atoms with Gasteiger partial charge in [0.05, 0.1) is 38.2 Å². The number of esters is 1. The number of hydrazone groups is 1. The Bertz CT molecular complexity index is 1320. The van der Waals surface area contributed by atoms with Crippen LogP contribution in [-0.4, -0.2) is 50.1 Å². The zero-order valence-corrected chi connectivity index (χ0v) is 23.9. The molecule has 40 heavy (non-hydrogen) atoms. The molecule has 0 aliphatic carbocycles. The molecule has 0 aromatic heterocycles. The third kappa shape index (κ3) is 7.60. The standard InChI is InChI=1S/C29H34N4O6S/c1-6-11-20-14-19(15-23(37-7-2)27(20)36-5)16-30-33-24(34)17-39-22-13-10-9-12-21(22)26-25(28(35)38-8-3)18(4)31-29(40)32-26/h6,9-10,12-16,26H,1,7-8,11,17H2,2-5H3,(H,33,34)(H2,31,32,40)/t26-/m0/s1. The fourth-order valence-corrected chi connectivity index (χ4v) is 4.44. The first-order valence-corrected chi connectivity index (χ1v) is 13.2. The van der Waals surface area contributed by atoms with Crippen LogP contribution in [0.5, 0.6) is 17.2 Å². The van der Waals surface area contributed by atoms with Crippen molar-refractivity contribution in [3.05, 3.63) is 77.0 Å². The predicted molar refractivity (Wildman–Crippen MR) is 157 cm³/mol. The molecule has 0 saturated heterocycles. The van der Waals surface area contributed by atoms with Crippen molar-refractivity contribution in [2.75, 3.05) is 26.9 Å². The average molecular weight is 567 g/mol. The van der Waals surface area contributed by atoms with E-state index in [1.807, 2.05) is 19.1 Å². The van der Waals surface area contributed by atoms with Crippen molar-refractivity contribution in [3.63, 3.8) is 0 Å². The molecule has 0 bridgehead atoms. The van der Waals surface area contributed by atoms with Gasteiger partial charge < -0.3 is 29.6 Å². The molecule has 10 nitrogen and oxygen atoms in total. The first-order valence-electron chi connectivity index (χ1n) is 12.8. The van der Waals surface area contributed by atoms with Gasteiger partial charge in [-0.15, -0.1) is 6.58 Å². The molecule has 0 fully saturated rings. The monoisotopic (exact) mass is 566 g/mol. The van der Waals surface area contributed by atoms with Gasteiger partial charge >= 0.3 is 5.97 Å². The average Bonchev–Trinajstić information content (AvgIpc) is 2.92. The fraction of sp³-hybridized carbons (Fsp3) is 0.310. The largest absolute Gasteiger partial charge is 0.493 e. The van der Waals surface area contributed by atoms with E-state index in [0.717, 1.165) is 5.56 Å². The second-order valence-electron chi connectivity index (χ2n) is 8.55. The maximum Gasteiger partial charge on any atom is 0.338 e. The van der Waals surface area contributed by atoms with E-state index in [2.05, 4.69) is 27.7 Å². The highest BCUT2D eigenvalue weighted by Crippen LogP contribution is 2.34. The molecule has 11 heteroatoms. The Morgan fingerprint density at radius 1 is 1.15 bits per heavy atom. The van der Waals surface area contributed by atoms with Gasteiger partial charge in [0.1, 0.15) is 5.75 Å². The summed E-state index contributed by atoms with van der Waals surface area (Å²) in [6.45, 7) is 9.55. The van der Waals surface area contributed by atoms with E-state index in [1.54, 1.807) is 51.3 Å². The van der Waals surface area contributed by atoms with Crippen molar-refractivity contribution < 1.29 is 28.5 Å². The summed E-state index contributed by atoms with van der Waals surface area (Å²) in [7, 11) is 1.58. The van der Waals surface area contributed by atoms with Crippen molar-refractivity contribution in [1.82, 2.24) is 16.1 Å². The number of methoxy groups -OCH3 is 1. The number of benzene rings is 2. The van der Waals surface area contributed by atoms with E-state index < -0.39 is 17.9 Å². The van der Waals surface area contributed by atoms with Crippen LogP contribution in [-0.2, 0) is 20.7 Å². The third-order valence-corrected chi connectivity index (χ3v) is 6.00. The first kappa shape index (κ1) is 30.2. The normalized spacial score (nSPS) is 14.7. The Hall–Kier alpha value is -4.38. The van der Waals surface area contributed by atoms with E-state index in [9.17, 15) is 9.59 Å². The van der Waals surface area contributed by atoms with E-state index in [1.165, 1.54) is 6.21 Å². The van der Waals surface area contributed by atoms with Gasteiger partial charge in [-0.3, -0.25) is 4.79 Å². The number of carbonyl (C=O) groups excluding carboxylic acids is 2. The van der Waals surface area contributed by atoms with Crippen molar-refractivity contribution in [3.8, 4) is 17.2 Å². The number of allylic oxidation sites excluding steroid dienone is 2. The summed E-state index contributed by atoms with van der Waals surface area (Å²) in [6, 6.07) is 10.1. The highest BCUT2D eigenvalue weighted by molar-refractivity contribution is 7.80. The number of carbonyl (C=O) groups is 2. The minimum absolute atomic E-state index is 0.227. The number of nitrogens with one attached hydrogen (secondary N) is 3. The lowest BCUT2D eigenvalue weighted by molar-refractivity contribution is -0.139. The highest BCUT2D eigenvalue weighted by atomic mass is 32.1. The van der Waals surface area contributed by atoms with Crippen LogP contribution >= 0.6 is 12.2 Å². The van der Waals surface area contributed by atoms with Gasteiger partial charge in [0.15, 0.2) is 23.2 Å². The molecule has 0 unspecified atom stereocenters. The van der Waals surface area contributed by atoms with Gasteiger partial charge in [-0.05, 0) is 63.2 Å². The van der Waals surface area contributed by atoms with Crippen LogP contribution in [0.1, 0.15) is 43.5 Å². The summed E-state index contributed by atoms with van der Waals surface area (Å²) in [6.07, 6.45) is 3.86. The number of ether oxygens (including phenoxy) is 4. The van der Waals surface area contributed by atoms with Gasteiger partial charge in [0, 0.05) is 16.8 Å². The maximum atomic E-state index is 12.7. The van der Waals surface area contributed by atoms with E-state index in [-0.39, 0.29) is 13.2 Å². The fourth-order valence-electron chi connectivity index (χ4n) is 4.17. The highest BCUT2D eigenvalue weighted by Gasteiger charge is 2.32.